The average Bonchev–Trinajstić information content (AvgIpc) is 2.34. The molecule has 0 fully saturated rings. The van der Waals surface area contributed by atoms with Gasteiger partial charge >= 0.3 is 0 Å². The number of allylic oxidation sites excluding steroid dienone is 6. The van der Waals surface area contributed by atoms with Gasteiger partial charge in [-0.15, -0.1) is 0 Å². The molecule has 0 N–H and O–H groups in total. The number of hydrogen-bond acceptors (Lipinski definition) is 0. The van der Waals surface area contributed by atoms with Crippen molar-refractivity contribution >= 4 is 0 Å². The van der Waals surface area contributed by atoms with Crippen LogP contribution in [0.4, 0.5) is 0 Å². The Balaban J connectivity index is 2.30. The second kappa shape index (κ2) is 3.29. The van der Waals surface area contributed by atoms with Gasteiger partial charge in [0.05, 0.1) is 0 Å². The van der Waals surface area contributed by atoms with Crippen molar-refractivity contribution in [2.75, 3.05) is 0 Å². The number of hydrogen-bond donors (Lipinski definition) is 0. The van der Waals surface area contributed by atoms with E-state index in [2.05, 4.69) is 37.3 Å². The van der Waals surface area contributed by atoms with Gasteiger partial charge in [0.1, 0.15) is 0 Å². The van der Waals surface area contributed by atoms with Crippen LogP contribution in [-0.4, -0.2) is 0 Å². The van der Waals surface area contributed by atoms with Gasteiger partial charge in [0, 0.05) is 0 Å². The van der Waals surface area contributed by atoms with Crippen molar-refractivity contribution in [3.8, 4) is 0 Å². The van der Waals surface area contributed by atoms with Gasteiger partial charge in [-0.3, -0.25) is 0 Å². The molecular formula is C9H12. The minimum atomic E-state index is 1.13. The van der Waals surface area contributed by atoms with Crippen LogP contribution in [0.3, 0.4) is 0 Å². The van der Waals surface area contributed by atoms with Crippen LogP contribution in [0.25, 0.3) is 0 Å². The van der Waals surface area contributed by atoms with E-state index in [9.17, 15) is 0 Å². The van der Waals surface area contributed by atoms with Gasteiger partial charge in [-0.05, 0) is 19.8 Å². The van der Waals surface area contributed by atoms with E-state index in [1.54, 1.807) is 0 Å². The summed E-state index contributed by atoms with van der Waals surface area (Å²) < 4.78 is 0. The maximum Gasteiger partial charge on any atom is -0.0129 e. The summed E-state index contributed by atoms with van der Waals surface area (Å²) in [5, 5.41) is 0. The molecule has 0 heterocycles. The maximum absolute atomic E-state index is 2.19. The highest BCUT2D eigenvalue weighted by molar-refractivity contribution is 5.24. The largest absolute Gasteiger partial charge is 0.0913 e. The van der Waals surface area contributed by atoms with E-state index >= 15 is 0 Å². The molecule has 0 aromatic heterocycles. The molecule has 1 aliphatic rings. The smallest absolute Gasteiger partial charge is 0.0129 e. The summed E-state index contributed by atoms with van der Waals surface area (Å²) in [4.78, 5) is 0. The van der Waals surface area contributed by atoms with E-state index in [0.29, 0.717) is 0 Å². The lowest BCUT2D eigenvalue weighted by atomic mass is 10.1. The van der Waals surface area contributed by atoms with E-state index in [1.165, 1.54) is 5.57 Å². The lowest BCUT2D eigenvalue weighted by Crippen LogP contribution is -1.71. The molecule has 0 aliphatic heterocycles. The molecular weight excluding hydrogens is 108 g/mol. The first-order chi connectivity index (χ1) is 4.43. The second-order valence-electron chi connectivity index (χ2n) is 2.23. The van der Waals surface area contributed by atoms with E-state index in [1.807, 2.05) is 0 Å². The molecule has 1 aliphatic carbocycles. The SMILES string of the molecule is C/C=C/CC1=CC=CC1. The fourth-order valence-corrected chi connectivity index (χ4v) is 0.912. The Kier molecular flexibility index (Phi) is 2.32. The molecule has 0 heteroatoms. The normalized spacial score (nSPS) is 17.2. The lowest BCUT2D eigenvalue weighted by molar-refractivity contribution is 1.13. The van der Waals surface area contributed by atoms with E-state index in [-0.39, 0.29) is 0 Å². The summed E-state index contributed by atoms with van der Waals surface area (Å²) in [6.45, 7) is 2.06. The molecule has 1 rings (SSSR count). The van der Waals surface area contributed by atoms with Crippen molar-refractivity contribution in [1.29, 1.82) is 0 Å². The first kappa shape index (κ1) is 6.34. The Bertz CT molecular complexity index is 159. The summed E-state index contributed by atoms with van der Waals surface area (Å²) in [6, 6.07) is 0. The molecule has 0 saturated carbocycles. The fourth-order valence-electron chi connectivity index (χ4n) is 0.912. The molecule has 0 bridgehead atoms. The number of rotatable bonds is 2. The predicted molar refractivity (Wildman–Crippen MR) is 41.3 cm³/mol. The molecule has 0 saturated heterocycles. The lowest BCUT2D eigenvalue weighted by Gasteiger charge is -1.91. The zero-order chi connectivity index (χ0) is 6.53. The van der Waals surface area contributed by atoms with Crippen LogP contribution >= 0.6 is 0 Å². The van der Waals surface area contributed by atoms with Gasteiger partial charge in [-0.25, -0.2) is 0 Å². The third-order valence-corrected chi connectivity index (χ3v) is 1.46. The molecule has 0 amide bonds. The molecule has 48 valence electrons. The zero-order valence-electron chi connectivity index (χ0n) is 5.80. The van der Waals surface area contributed by atoms with E-state index < -0.39 is 0 Å². The van der Waals surface area contributed by atoms with Gasteiger partial charge in [0.2, 0.25) is 0 Å². The van der Waals surface area contributed by atoms with Crippen molar-refractivity contribution in [2.45, 2.75) is 19.8 Å². The standard InChI is InChI=1S/C9H12/c1-2-3-6-9-7-4-5-8-9/h2-5,7H,6,8H2,1H3/b3-2+. The Morgan fingerprint density at radius 2 is 2.56 bits per heavy atom. The minimum Gasteiger partial charge on any atom is -0.0913 e. The van der Waals surface area contributed by atoms with Crippen LogP contribution in [-0.2, 0) is 0 Å². The molecule has 0 spiro atoms. The molecule has 0 radical (unpaired) electrons. The Labute approximate surface area is 56.6 Å². The van der Waals surface area contributed by atoms with Crippen LogP contribution in [0.1, 0.15) is 19.8 Å². The summed E-state index contributed by atoms with van der Waals surface area (Å²) >= 11 is 0. The molecule has 0 nitrogen and oxygen atoms in total. The molecule has 0 aromatic carbocycles. The topological polar surface area (TPSA) is 0 Å². The van der Waals surface area contributed by atoms with Crippen molar-refractivity contribution in [3.05, 3.63) is 36.0 Å². The monoisotopic (exact) mass is 120 g/mol. The first-order valence-electron chi connectivity index (χ1n) is 3.39. The maximum atomic E-state index is 2.19. The highest BCUT2D eigenvalue weighted by atomic mass is 14.0. The van der Waals surface area contributed by atoms with Gasteiger partial charge in [0.15, 0.2) is 0 Å². The highest BCUT2D eigenvalue weighted by Gasteiger charge is 1.93. The van der Waals surface area contributed by atoms with Crippen molar-refractivity contribution in [3.63, 3.8) is 0 Å². The first-order valence-corrected chi connectivity index (χ1v) is 3.39. The quantitative estimate of drug-likeness (QED) is 0.491. The van der Waals surface area contributed by atoms with Gasteiger partial charge in [0.25, 0.3) is 0 Å². The third-order valence-electron chi connectivity index (χ3n) is 1.46. The second-order valence-corrected chi connectivity index (χ2v) is 2.23. The van der Waals surface area contributed by atoms with Crippen molar-refractivity contribution in [1.82, 2.24) is 0 Å². The Morgan fingerprint density at radius 1 is 1.67 bits per heavy atom. The van der Waals surface area contributed by atoms with Crippen LogP contribution in [0.2, 0.25) is 0 Å². The van der Waals surface area contributed by atoms with E-state index in [4.69, 9.17) is 0 Å². The average molecular weight is 120 g/mol. The summed E-state index contributed by atoms with van der Waals surface area (Å²) in [6.07, 6.45) is 13.1. The summed E-state index contributed by atoms with van der Waals surface area (Å²) in [5.74, 6) is 0. The molecule has 0 atom stereocenters. The van der Waals surface area contributed by atoms with Crippen molar-refractivity contribution in [2.24, 2.45) is 0 Å². The minimum absolute atomic E-state index is 1.13. The van der Waals surface area contributed by atoms with Crippen LogP contribution in [0.5, 0.6) is 0 Å². The van der Waals surface area contributed by atoms with Crippen LogP contribution in [0, 0.1) is 0 Å². The molecule has 0 aromatic rings. The predicted octanol–water partition coefficient (Wildman–Crippen LogP) is 2.84. The van der Waals surface area contributed by atoms with Crippen molar-refractivity contribution < 1.29 is 0 Å². The Morgan fingerprint density at radius 3 is 3.11 bits per heavy atom. The molecule has 0 unspecified atom stereocenters. The van der Waals surface area contributed by atoms with E-state index in [0.717, 1.165) is 12.8 Å². The van der Waals surface area contributed by atoms with Crippen LogP contribution < -0.4 is 0 Å². The highest BCUT2D eigenvalue weighted by Crippen LogP contribution is 2.13. The fraction of sp³-hybridized carbons (Fsp3) is 0.333. The summed E-state index contributed by atoms with van der Waals surface area (Å²) in [5.41, 5.74) is 1.52. The molecule has 9 heavy (non-hydrogen) atoms. The Hall–Kier alpha value is -0.780. The van der Waals surface area contributed by atoms with Crippen LogP contribution in [0.15, 0.2) is 36.0 Å². The summed E-state index contributed by atoms with van der Waals surface area (Å²) in [7, 11) is 0. The van der Waals surface area contributed by atoms with Gasteiger partial charge in [-0.2, -0.15) is 0 Å². The van der Waals surface area contributed by atoms with Gasteiger partial charge in [-0.1, -0.05) is 36.0 Å². The van der Waals surface area contributed by atoms with Gasteiger partial charge < -0.3 is 0 Å². The third kappa shape index (κ3) is 1.88. The zero-order valence-corrected chi connectivity index (χ0v) is 5.80.